The largest absolute Gasteiger partial charge is 0.409 e. The van der Waals surface area contributed by atoms with E-state index >= 15 is 0 Å². The average Bonchev–Trinajstić information content (AvgIpc) is 2.58. The molecule has 5 nitrogen and oxygen atoms in total. The molecule has 0 unspecified atom stereocenters. The summed E-state index contributed by atoms with van der Waals surface area (Å²) in [5.74, 6) is 0.337. The number of amidine groups is 1. The molecule has 0 aromatic carbocycles. The first-order valence-corrected chi connectivity index (χ1v) is 7.34. The molecule has 0 aromatic heterocycles. The van der Waals surface area contributed by atoms with Gasteiger partial charge in [-0.3, -0.25) is 0 Å². The predicted molar refractivity (Wildman–Crippen MR) is 79.6 cm³/mol. The van der Waals surface area contributed by atoms with Crippen molar-refractivity contribution >= 4 is 5.84 Å². The second kappa shape index (κ2) is 7.70. The number of oxime groups is 1. The van der Waals surface area contributed by atoms with Crippen LogP contribution in [0.25, 0.3) is 0 Å². The molecule has 0 bridgehead atoms. The van der Waals surface area contributed by atoms with Crippen molar-refractivity contribution in [3.8, 4) is 0 Å². The maximum atomic E-state index is 8.74. The number of hydrogen-bond donors (Lipinski definition) is 2. The highest BCUT2D eigenvalue weighted by Crippen LogP contribution is 2.23. The highest BCUT2D eigenvalue weighted by atomic mass is 16.4. The normalized spacial score (nSPS) is 20.5. The Kier molecular flexibility index (Phi) is 6.58. The van der Waals surface area contributed by atoms with Crippen LogP contribution in [0.2, 0.25) is 0 Å². The van der Waals surface area contributed by atoms with Crippen molar-refractivity contribution in [2.24, 2.45) is 16.3 Å². The number of hydrogen-bond acceptors (Lipinski definition) is 4. The smallest absolute Gasteiger partial charge is 0.144 e. The van der Waals surface area contributed by atoms with Gasteiger partial charge >= 0.3 is 0 Å². The monoisotopic (exact) mass is 270 g/mol. The number of likely N-dealkylation sites (N-methyl/N-ethyl adjacent to an activating group) is 1. The first-order valence-electron chi connectivity index (χ1n) is 7.34. The van der Waals surface area contributed by atoms with Gasteiger partial charge in [0, 0.05) is 18.5 Å². The van der Waals surface area contributed by atoms with Crippen molar-refractivity contribution in [2.45, 2.75) is 39.5 Å². The molecule has 112 valence electrons. The van der Waals surface area contributed by atoms with E-state index in [1.807, 2.05) is 13.8 Å². The summed E-state index contributed by atoms with van der Waals surface area (Å²) in [5, 5.41) is 11.9. The lowest BCUT2D eigenvalue weighted by molar-refractivity contribution is 0.265. The third kappa shape index (κ3) is 5.78. The zero-order chi connectivity index (χ0) is 14.3. The summed E-state index contributed by atoms with van der Waals surface area (Å²) in [7, 11) is 2.20. The molecule has 1 fully saturated rings. The van der Waals surface area contributed by atoms with Gasteiger partial charge in [0.05, 0.1) is 0 Å². The molecule has 1 aliphatic rings. The number of unbranched alkanes of at least 4 members (excludes halogenated alkanes) is 1. The average molecular weight is 270 g/mol. The summed E-state index contributed by atoms with van der Waals surface area (Å²) < 4.78 is 0. The molecular weight excluding hydrogens is 240 g/mol. The SMILES string of the molecule is CN1CCCN(CCCCC(C)(C)C(N)=NO)CC1. The molecule has 0 spiro atoms. The molecule has 3 N–H and O–H groups in total. The van der Waals surface area contributed by atoms with Crippen LogP contribution in [0.3, 0.4) is 0 Å². The Morgan fingerprint density at radius 3 is 2.63 bits per heavy atom. The molecule has 19 heavy (non-hydrogen) atoms. The Balaban J connectivity index is 2.20. The Morgan fingerprint density at radius 1 is 1.21 bits per heavy atom. The molecule has 1 rings (SSSR count). The molecule has 1 saturated heterocycles. The van der Waals surface area contributed by atoms with Crippen molar-refractivity contribution in [1.82, 2.24) is 9.80 Å². The first-order chi connectivity index (χ1) is 8.95. The Labute approximate surface area is 117 Å². The van der Waals surface area contributed by atoms with E-state index in [2.05, 4.69) is 22.0 Å². The molecule has 1 aliphatic heterocycles. The van der Waals surface area contributed by atoms with Gasteiger partial charge in [0.15, 0.2) is 0 Å². The predicted octanol–water partition coefficient (Wildman–Crippen LogP) is 1.57. The van der Waals surface area contributed by atoms with Crippen LogP contribution in [0.4, 0.5) is 0 Å². The Hall–Kier alpha value is -0.810. The molecule has 5 heteroatoms. The molecule has 0 saturated carbocycles. The molecule has 1 heterocycles. The summed E-state index contributed by atoms with van der Waals surface area (Å²) in [6.45, 7) is 10.0. The van der Waals surface area contributed by atoms with E-state index in [1.54, 1.807) is 0 Å². The van der Waals surface area contributed by atoms with Crippen molar-refractivity contribution in [2.75, 3.05) is 39.8 Å². The van der Waals surface area contributed by atoms with Crippen LogP contribution in [-0.2, 0) is 0 Å². The highest BCUT2D eigenvalue weighted by molar-refractivity contribution is 5.85. The maximum absolute atomic E-state index is 8.74. The number of nitrogens with zero attached hydrogens (tertiary/aromatic N) is 3. The molecule has 0 atom stereocenters. The van der Waals surface area contributed by atoms with E-state index in [-0.39, 0.29) is 5.41 Å². The van der Waals surface area contributed by atoms with Gasteiger partial charge < -0.3 is 20.7 Å². The zero-order valence-corrected chi connectivity index (χ0v) is 12.7. The van der Waals surface area contributed by atoms with E-state index in [4.69, 9.17) is 10.9 Å². The fourth-order valence-electron chi connectivity index (χ4n) is 2.49. The lowest BCUT2D eigenvalue weighted by Gasteiger charge is -2.24. The minimum atomic E-state index is -0.201. The van der Waals surface area contributed by atoms with Gasteiger partial charge in [-0.25, -0.2) is 0 Å². The molecule has 0 amide bonds. The van der Waals surface area contributed by atoms with E-state index in [1.165, 1.54) is 45.6 Å². The van der Waals surface area contributed by atoms with Crippen LogP contribution in [-0.4, -0.2) is 60.6 Å². The van der Waals surface area contributed by atoms with E-state index < -0.39 is 0 Å². The topological polar surface area (TPSA) is 65.1 Å². The van der Waals surface area contributed by atoms with E-state index in [0.717, 1.165) is 12.8 Å². The summed E-state index contributed by atoms with van der Waals surface area (Å²) in [4.78, 5) is 4.96. The minimum Gasteiger partial charge on any atom is -0.409 e. The highest BCUT2D eigenvalue weighted by Gasteiger charge is 2.23. The summed E-state index contributed by atoms with van der Waals surface area (Å²) in [6.07, 6.45) is 4.55. The van der Waals surface area contributed by atoms with E-state index in [0.29, 0.717) is 5.84 Å². The van der Waals surface area contributed by atoms with Crippen molar-refractivity contribution < 1.29 is 5.21 Å². The van der Waals surface area contributed by atoms with Gasteiger partial charge in [-0.05, 0) is 45.9 Å². The summed E-state index contributed by atoms with van der Waals surface area (Å²) >= 11 is 0. The van der Waals surface area contributed by atoms with E-state index in [9.17, 15) is 0 Å². The quantitative estimate of drug-likeness (QED) is 0.253. The van der Waals surface area contributed by atoms with Gasteiger partial charge in [-0.2, -0.15) is 0 Å². The first kappa shape index (κ1) is 16.2. The van der Waals surface area contributed by atoms with Gasteiger partial charge in [-0.1, -0.05) is 25.4 Å². The second-order valence-electron chi connectivity index (χ2n) is 6.32. The third-order valence-corrected chi connectivity index (χ3v) is 4.14. The molecular formula is C14H30N4O. The van der Waals surface area contributed by atoms with Gasteiger partial charge in [0.2, 0.25) is 0 Å². The minimum absolute atomic E-state index is 0.201. The fourth-order valence-corrected chi connectivity index (χ4v) is 2.49. The Bertz CT molecular complexity index is 291. The number of rotatable bonds is 6. The fraction of sp³-hybridized carbons (Fsp3) is 0.929. The maximum Gasteiger partial charge on any atom is 0.144 e. The molecule has 0 aromatic rings. The van der Waals surface area contributed by atoms with Crippen molar-refractivity contribution in [1.29, 1.82) is 0 Å². The van der Waals surface area contributed by atoms with Crippen molar-refractivity contribution in [3.05, 3.63) is 0 Å². The summed E-state index contributed by atoms with van der Waals surface area (Å²) in [5.41, 5.74) is 5.50. The molecule has 0 aliphatic carbocycles. The van der Waals surface area contributed by atoms with Gasteiger partial charge in [-0.15, -0.1) is 0 Å². The van der Waals surface area contributed by atoms with Crippen LogP contribution < -0.4 is 5.73 Å². The Morgan fingerprint density at radius 2 is 1.95 bits per heavy atom. The van der Waals surface area contributed by atoms with Crippen molar-refractivity contribution in [3.63, 3.8) is 0 Å². The standard InChI is InChI=1S/C14H30N4O/c1-14(2,13(15)16-19)7-4-5-9-18-10-6-8-17(3)11-12-18/h19H,4-12H2,1-3H3,(H2,15,16). The third-order valence-electron chi connectivity index (χ3n) is 4.14. The van der Waals surface area contributed by atoms with Gasteiger partial charge in [0.1, 0.15) is 5.84 Å². The van der Waals surface area contributed by atoms with Crippen LogP contribution in [0.15, 0.2) is 5.16 Å². The lowest BCUT2D eigenvalue weighted by atomic mass is 9.86. The van der Waals surface area contributed by atoms with Crippen LogP contribution in [0, 0.1) is 5.41 Å². The lowest BCUT2D eigenvalue weighted by Crippen LogP contribution is -2.32. The van der Waals surface area contributed by atoms with Crippen LogP contribution >= 0.6 is 0 Å². The number of nitrogens with two attached hydrogens (primary N) is 1. The second-order valence-corrected chi connectivity index (χ2v) is 6.32. The van der Waals surface area contributed by atoms with Crippen LogP contribution in [0.5, 0.6) is 0 Å². The zero-order valence-electron chi connectivity index (χ0n) is 12.7. The van der Waals surface area contributed by atoms with Gasteiger partial charge in [0.25, 0.3) is 0 Å². The summed E-state index contributed by atoms with van der Waals surface area (Å²) in [6, 6.07) is 0. The molecule has 0 radical (unpaired) electrons. The van der Waals surface area contributed by atoms with Crippen LogP contribution in [0.1, 0.15) is 39.5 Å².